The van der Waals surface area contributed by atoms with Crippen LogP contribution < -0.4 is 11.5 Å². The molecule has 1 aromatic heterocycles. The minimum Gasteiger partial charge on any atom is -0.384 e. The van der Waals surface area contributed by atoms with E-state index in [4.69, 9.17) is 23.1 Å². The molecule has 1 atom stereocenters. The maximum Gasteiger partial charge on any atom is 0.146 e. The van der Waals surface area contributed by atoms with Crippen LogP contribution in [-0.4, -0.2) is 4.98 Å². The summed E-state index contributed by atoms with van der Waals surface area (Å²) in [6.07, 6.45) is 2.08. The summed E-state index contributed by atoms with van der Waals surface area (Å²) in [5.74, 6) is -0.0417. The Labute approximate surface area is 110 Å². The van der Waals surface area contributed by atoms with Gasteiger partial charge < -0.3 is 11.5 Å². The Balaban J connectivity index is 2.22. The Morgan fingerprint density at radius 2 is 2.11 bits per heavy atom. The molecule has 0 aliphatic rings. The summed E-state index contributed by atoms with van der Waals surface area (Å²) in [4.78, 5) is 3.89. The van der Waals surface area contributed by atoms with Crippen LogP contribution in [0.15, 0.2) is 36.5 Å². The van der Waals surface area contributed by atoms with Crippen molar-refractivity contribution in [2.75, 3.05) is 5.73 Å². The van der Waals surface area contributed by atoms with Gasteiger partial charge in [-0.3, -0.25) is 0 Å². The first kappa shape index (κ1) is 12.8. The van der Waals surface area contributed by atoms with E-state index in [1.54, 1.807) is 30.5 Å². The highest BCUT2D eigenvalue weighted by Crippen LogP contribution is 2.24. The highest BCUT2D eigenvalue weighted by atomic mass is 35.5. The van der Waals surface area contributed by atoms with Crippen LogP contribution in [0, 0.1) is 5.82 Å². The molecule has 18 heavy (non-hydrogen) atoms. The molecule has 0 saturated heterocycles. The average molecular weight is 266 g/mol. The maximum absolute atomic E-state index is 13.8. The van der Waals surface area contributed by atoms with Gasteiger partial charge in [-0.25, -0.2) is 9.37 Å². The van der Waals surface area contributed by atoms with E-state index in [1.165, 1.54) is 6.07 Å². The molecule has 2 rings (SSSR count). The van der Waals surface area contributed by atoms with E-state index in [-0.39, 0.29) is 5.02 Å². The number of halogens is 2. The quantitative estimate of drug-likeness (QED) is 0.897. The number of rotatable bonds is 3. The summed E-state index contributed by atoms with van der Waals surface area (Å²) < 4.78 is 13.8. The molecule has 1 unspecified atom stereocenters. The molecular formula is C13H13ClFN3. The molecule has 0 radical (unpaired) electrons. The van der Waals surface area contributed by atoms with E-state index in [9.17, 15) is 4.39 Å². The monoisotopic (exact) mass is 265 g/mol. The number of hydrogen-bond donors (Lipinski definition) is 2. The lowest BCUT2D eigenvalue weighted by Crippen LogP contribution is -2.15. The molecule has 5 heteroatoms. The van der Waals surface area contributed by atoms with Crippen LogP contribution in [0.3, 0.4) is 0 Å². The second-order valence-corrected chi connectivity index (χ2v) is 4.45. The molecule has 0 bridgehead atoms. The Bertz CT molecular complexity index is 560. The molecule has 2 aromatic rings. The van der Waals surface area contributed by atoms with Crippen LogP contribution in [0.4, 0.5) is 10.2 Å². The van der Waals surface area contributed by atoms with Crippen LogP contribution in [0.5, 0.6) is 0 Å². The fraction of sp³-hybridized carbons (Fsp3) is 0.154. The minimum atomic E-state index is -0.467. The van der Waals surface area contributed by atoms with Crippen molar-refractivity contribution >= 4 is 17.4 Å². The van der Waals surface area contributed by atoms with E-state index >= 15 is 0 Å². The molecule has 1 aromatic carbocycles. The number of hydrogen-bond acceptors (Lipinski definition) is 3. The van der Waals surface area contributed by atoms with Gasteiger partial charge in [0, 0.05) is 17.8 Å². The molecule has 3 nitrogen and oxygen atoms in total. The number of pyridine rings is 1. The van der Waals surface area contributed by atoms with Crippen molar-refractivity contribution in [3.05, 3.63) is 58.5 Å². The first-order valence-corrected chi connectivity index (χ1v) is 5.85. The number of nitrogens with zero attached hydrogens (tertiary/aromatic N) is 1. The molecule has 0 spiro atoms. The number of anilines is 1. The van der Waals surface area contributed by atoms with Crippen LogP contribution in [-0.2, 0) is 6.42 Å². The molecule has 0 aliphatic carbocycles. The van der Waals surface area contributed by atoms with Crippen molar-refractivity contribution in [1.82, 2.24) is 4.98 Å². The first-order chi connectivity index (χ1) is 8.58. The van der Waals surface area contributed by atoms with Gasteiger partial charge in [0.15, 0.2) is 0 Å². The Morgan fingerprint density at radius 1 is 1.33 bits per heavy atom. The van der Waals surface area contributed by atoms with Gasteiger partial charge in [0.25, 0.3) is 0 Å². The van der Waals surface area contributed by atoms with E-state index in [0.29, 0.717) is 17.8 Å². The average Bonchev–Trinajstić information content (AvgIpc) is 2.32. The smallest absolute Gasteiger partial charge is 0.146 e. The zero-order valence-corrected chi connectivity index (χ0v) is 10.4. The summed E-state index contributed by atoms with van der Waals surface area (Å²) in [5, 5.41) is 0.0807. The van der Waals surface area contributed by atoms with Gasteiger partial charge in [-0.15, -0.1) is 0 Å². The van der Waals surface area contributed by atoms with Crippen LogP contribution in [0.1, 0.15) is 17.2 Å². The van der Waals surface area contributed by atoms with Crippen molar-refractivity contribution < 1.29 is 4.39 Å². The number of benzene rings is 1. The third-order valence-corrected chi connectivity index (χ3v) is 2.97. The fourth-order valence-corrected chi connectivity index (χ4v) is 1.97. The largest absolute Gasteiger partial charge is 0.384 e. The van der Waals surface area contributed by atoms with Gasteiger partial charge >= 0.3 is 0 Å². The molecule has 0 saturated carbocycles. The third kappa shape index (κ3) is 2.78. The zero-order valence-electron chi connectivity index (χ0n) is 9.61. The summed E-state index contributed by atoms with van der Waals surface area (Å²) in [6, 6.07) is 7.88. The standard InChI is InChI=1S/C13H13ClFN3/c14-10-3-1-2-9(13(10)15)11(16)6-8-4-5-18-12(17)7-8/h1-5,7,11H,6,16H2,(H2,17,18). The predicted octanol–water partition coefficient (Wildman–Crippen LogP) is 2.70. The normalized spacial score (nSPS) is 12.4. The third-order valence-electron chi connectivity index (χ3n) is 2.68. The minimum absolute atomic E-state index is 0.0807. The predicted molar refractivity (Wildman–Crippen MR) is 70.7 cm³/mol. The fourth-order valence-electron chi connectivity index (χ4n) is 1.79. The summed E-state index contributed by atoms with van der Waals surface area (Å²) in [7, 11) is 0. The number of nitrogen functional groups attached to an aromatic ring is 1. The number of aromatic nitrogens is 1. The first-order valence-electron chi connectivity index (χ1n) is 5.48. The van der Waals surface area contributed by atoms with E-state index in [0.717, 1.165) is 5.56 Å². The molecule has 0 amide bonds. The Hall–Kier alpha value is -1.65. The Kier molecular flexibility index (Phi) is 3.79. The van der Waals surface area contributed by atoms with Crippen LogP contribution >= 0.6 is 11.6 Å². The van der Waals surface area contributed by atoms with Crippen molar-refractivity contribution in [1.29, 1.82) is 0 Å². The topological polar surface area (TPSA) is 64.9 Å². The van der Waals surface area contributed by atoms with Gasteiger partial charge in [0.1, 0.15) is 11.6 Å². The molecule has 0 fully saturated rings. The highest BCUT2D eigenvalue weighted by molar-refractivity contribution is 6.30. The lowest BCUT2D eigenvalue weighted by Gasteiger charge is -2.13. The summed E-state index contributed by atoms with van der Waals surface area (Å²) in [5.41, 5.74) is 12.9. The Morgan fingerprint density at radius 3 is 2.83 bits per heavy atom. The second kappa shape index (κ2) is 5.33. The van der Waals surface area contributed by atoms with Crippen molar-refractivity contribution in [3.8, 4) is 0 Å². The van der Waals surface area contributed by atoms with E-state index in [1.807, 2.05) is 0 Å². The van der Waals surface area contributed by atoms with Gasteiger partial charge in [0.2, 0.25) is 0 Å². The van der Waals surface area contributed by atoms with Gasteiger partial charge in [-0.1, -0.05) is 23.7 Å². The maximum atomic E-state index is 13.8. The summed E-state index contributed by atoms with van der Waals surface area (Å²) in [6.45, 7) is 0. The zero-order chi connectivity index (χ0) is 13.1. The van der Waals surface area contributed by atoms with Crippen molar-refractivity contribution in [2.24, 2.45) is 5.73 Å². The number of nitrogens with two attached hydrogens (primary N) is 2. The van der Waals surface area contributed by atoms with E-state index in [2.05, 4.69) is 4.98 Å². The molecular weight excluding hydrogens is 253 g/mol. The van der Waals surface area contributed by atoms with Gasteiger partial charge in [-0.05, 0) is 30.2 Å². The second-order valence-electron chi connectivity index (χ2n) is 4.04. The van der Waals surface area contributed by atoms with Crippen molar-refractivity contribution in [2.45, 2.75) is 12.5 Å². The SMILES string of the molecule is Nc1cc(CC(N)c2cccc(Cl)c2F)ccn1. The molecule has 94 valence electrons. The van der Waals surface area contributed by atoms with Crippen LogP contribution in [0.2, 0.25) is 5.02 Å². The van der Waals surface area contributed by atoms with Gasteiger partial charge in [-0.2, -0.15) is 0 Å². The highest BCUT2D eigenvalue weighted by Gasteiger charge is 2.14. The van der Waals surface area contributed by atoms with Crippen LogP contribution in [0.25, 0.3) is 0 Å². The molecule has 4 N–H and O–H groups in total. The lowest BCUT2D eigenvalue weighted by molar-refractivity contribution is 0.581. The van der Waals surface area contributed by atoms with E-state index < -0.39 is 11.9 Å². The van der Waals surface area contributed by atoms with Gasteiger partial charge in [0.05, 0.1) is 5.02 Å². The molecule has 1 heterocycles. The van der Waals surface area contributed by atoms with Crippen molar-refractivity contribution in [3.63, 3.8) is 0 Å². The lowest BCUT2D eigenvalue weighted by atomic mass is 10.00. The summed E-state index contributed by atoms with van der Waals surface area (Å²) >= 11 is 5.73. The molecule has 0 aliphatic heterocycles.